The summed E-state index contributed by atoms with van der Waals surface area (Å²) >= 11 is 7.61. The lowest BCUT2D eigenvalue weighted by Gasteiger charge is -2.12. The molecule has 3 aromatic carbocycles. The second-order valence-electron chi connectivity index (χ2n) is 8.04. The van der Waals surface area contributed by atoms with Crippen LogP contribution in [0.15, 0.2) is 100 Å². The molecular formula is C28H23ClN4O4S. The molecule has 0 spiro atoms. The standard InChI is InChI=1S/C28H23ClN4O4S/c1-18-15-25(33-37-18)32-26(34)17-38-22-13-11-21(12-14-22)30-28(36)24(16-20-9-5-6-10-23(20)29)31-27(35)19-7-3-2-4-8-19/h2-16H,17H2,1H3,(H,30,36)(H,31,35)(H,32,33,34)/b24-16-. The molecule has 3 N–H and O–H groups in total. The number of hydrogen-bond donors (Lipinski definition) is 3. The number of aryl methyl sites for hydroxylation is 1. The van der Waals surface area contributed by atoms with Gasteiger partial charge in [-0.25, -0.2) is 0 Å². The van der Waals surface area contributed by atoms with Gasteiger partial charge in [0.25, 0.3) is 11.8 Å². The zero-order valence-electron chi connectivity index (χ0n) is 20.2. The second-order valence-corrected chi connectivity index (χ2v) is 9.49. The Morgan fingerprint density at radius 1 is 0.947 bits per heavy atom. The Labute approximate surface area is 228 Å². The maximum absolute atomic E-state index is 13.2. The van der Waals surface area contributed by atoms with Gasteiger partial charge in [0.1, 0.15) is 11.5 Å². The van der Waals surface area contributed by atoms with Gasteiger partial charge >= 0.3 is 0 Å². The normalized spacial score (nSPS) is 11.1. The molecule has 0 radical (unpaired) electrons. The Morgan fingerprint density at radius 2 is 1.66 bits per heavy atom. The van der Waals surface area contributed by atoms with E-state index in [4.69, 9.17) is 16.1 Å². The third-order valence-corrected chi connectivity index (χ3v) is 6.47. The van der Waals surface area contributed by atoms with Crippen LogP contribution < -0.4 is 16.0 Å². The smallest absolute Gasteiger partial charge is 0.272 e. The number of nitrogens with zero attached hydrogens (tertiary/aromatic N) is 1. The number of carbonyl (C=O) groups is 3. The van der Waals surface area contributed by atoms with Gasteiger partial charge in [-0.05, 0) is 61.0 Å². The van der Waals surface area contributed by atoms with Gasteiger partial charge in [-0.15, -0.1) is 11.8 Å². The van der Waals surface area contributed by atoms with E-state index in [9.17, 15) is 14.4 Å². The molecule has 0 saturated carbocycles. The van der Waals surface area contributed by atoms with E-state index in [1.165, 1.54) is 17.8 Å². The average Bonchev–Trinajstić information content (AvgIpc) is 3.33. The van der Waals surface area contributed by atoms with Crippen LogP contribution in [0.4, 0.5) is 11.5 Å². The molecule has 38 heavy (non-hydrogen) atoms. The predicted molar refractivity (Wildman–Crippen MR) is 149 cm³/mol. The predicted octanol–water partition coefficient (Wildman–Crippen LogP) is 5.78. The summed E-state index contributed by atoms with van der Waals surface area (Å²) in [6.45, 7) is 1.74. The summed E-state index contributed by atoms with van der Waals surface area (Å²) in [5, 5.41) is 12.3. The van der Waals surface area contributed by atoms with Crippen LogP contribution >= 0.6 is 23.4 Å². The van der Waals surface area contributed by atoms with E-state index in [1.807, 2.05) is 0 Å². The molecule has 1 aromatic heterocycles. The summed E-state index contributed by atoms with van der Waals surface area (Å²) in [7, 11) is 0. The van der Waals surface area contributed by atoms with Crippen LogP contribution in [0.5, 0.6) is 0 Å². The molecule has 3 amide bonds. The fourth-order valence-corrected chi connectivity index (χ4v) is 4.16. The van der Waals surface area contributed by atoms with Crippen LogP contribution in [0.3, 0.4) is 0 Å². The van der Waals surface area contributed by atoms with Crippen molar-refractivity contribution in [1.82, 2.24) is 10.5 Å². The summed E-state index contributed by atoms with van der Waals surface area (Å²) in [6, 6.07) is 24.2. The molecule has 0 unspecified atom stereocenters. The minimum absolute atomic E-state index is 0.0326. The third-order valence-electron chi connectivity index (χ3n) is 5.11. The molecule has 8 nitrogen and oxygen atoms in total. The summed E-state index contributed by atoms with van der Waals surface area (Å²) in [6.07, 6.45) is 1.53. The number of benzene rings is 3. The summed E-state index contributed by atoms with van der Waals surface area (Å²) in [4.78, 5) is 38.9. The van der Waals surface area contributed by atoms with Crippen molar-refractivity contribution in [2.75, 3.05) is 16.4 Å². The van der Waals surface area contributed by atoms with E-state index in [-0.39, 0.29) is 17.4 Å². The molecule has 0 aliphatic heterocycles. The zero-order valence-corrected chi connectivity index (χ0v) is 21.8. The number of halogens is 1. The van der Waals surface area contributed by atoms with Crippen molar-refractivity contribution in [2.45, 2.75) is 11.8 Å². The number of rotatable bonds is 9. The number of carbonyl (C=O) groups excluding carboxylic acids is 3. The van der Waals surface area contributed by atoms with Crippen molar-refractivity contribution in [1.29, 1.82) is 0 Å². The van der Waals surface area contributed by atoms with Gasteiger partial charge < -0.3 is 20.5 Å². The largest absolute Gasteiger partial charge is 0.360 e. The summed E-state index contributed by atoms with van der Waals surface area (Å²) in [5.41, 5.74) is 1.54. The van der Waals surface area contributed by atoms with E-state index in [1.54, 1.807) is 91.9 Å². The van der Waals surface area contributed by atoms with E-state index in [2.05, 4.69) is 21.1 Å². The molecular weight excluding hydrogens is 524 g/mol. The lowest BCUT2D eigenvalue weighted by Crippen LogP contribution is -2.30. The first kappa shape index (κ1) is 26.7. The number of amides is 3. The van der Waals surface area contributed by atoms with E-state index in [0.717, 1.165) is 4.90 Å². The fourth-order valence-electron chi connectivity index (χ4n) is 3.28. The van der Waals surface area contributed by atoms with Gasteiger partial charge in [0.15, 0.2) is 5.82 Å². The maximum atomic E-state index is 13.2. The van der Waals surface area contributed by atoms with Crippen LogP contribution in [-0.2, 0) is 9.59 Å². The first-order valence-electron chi connectivity index (χ1n) is 11.5. The van der Waals surface area contributed by atoms with Crippen molar-refractivity contribution in [3.63, 3.8) is 0 Å². The maximum Gasteiger partial charge on any atom is 0.272 e. The van der Waals surface area contributed by atoms with Crippen molar-refractivity contribution >= 4 is 58.7 Å². The Hall–Kier alpha value is -4.34. The van der Waals surface area contributed by atoms with Crippen LogP contribution in [0.25, 0.3) is 6.08 Å². The molecule has 0 fully saturated rings. The topological polar surface area (TPSA) is 113 Å². The fraction of sp³-hybridized carbons (Fsp3) is 0.0714. The van der Waals surface area contributed by atoms with Gasteiger partial charge in [-0.2, -0.15) is 0 Å². The Balaban J connectivity index is 1.41. The highest BCUT2D eigenvalue weighted by atomic mass is 35.5. The first-order valence-corrected chi connectivity index (χ1v) is 12.8. The number of thioether (sulfide) groups is 1. The monoisotopic (exact) mass is 546 g/mol. The SMILES string of the molecule is Cc1cc(NC(=O)CSc2ccc(NC(=O)/C(=C/c3ccccc3Cl)NC(=O)c3ccccc3)cc2)no1. The molecule has 0 bridgehead atoms. The van der Waals surface area contributed by atoms with Gasteiger partial charge in [-0.1, -0.05) is 53.2 Å². The second kappa shape index (κ2) is 12.8. The lowest BCUT2D eigenvalue weighted by atomic mass is 10.1. The Bertz CT molecular complexity index is 1470. The van der Waals surface area contributed by atoms with E-state index >= 15 is 0 Å². The molecule has 0 aliphatic rings. The molecule has 192 valence electrons. The lowest BCUT2D eigenvalue weighted by molar-refractivity contribution is -0.114. The molecule has 10 heteroatoms. The van der Waals surface area contributed by atoms with Gasteiger partial charge in [-0.3, -0.25) is 14.4 Å². The van der Waals surface area contributed by atoms with Crippen LogP contribution in [0.2, 0.25) is 5.02 Å². The van der Waals surface area contributed by atoms with E-state index < -0.39 is 11.8 Å². The van der Waals surface area contributed by atoms with Crippen LogP contribution in [-0.4, -0.2) is 28.6 Å². The first-order chi connectivity index (χ1) is 18.4. The minimum atomic E-state index is -0.517. The van der Waals surface area contributed by atoms with Crippen LogP contribution in [0, 0.1) is 6.92 Å². The highest BCUT2D eigenvalue weighted by molar-refractivity contribution is 8.00. The molecule has 4 aromatic rings. The van der Waals surface area contributed by atoms with Crippen molar-refractivity contribution in [2.24, 2.45) is 0 Å². The quantitative estimate of drug-likeness (QED) is 0.181. The molecule has 4 rings (SSSR count). The van der Waals surface area contributed by atoms with Crippen molar-refractivity contribution in [3.05, 3.63) is 113 Å². The summed E-state index contributed by atoms with van der Waals surface area (Å²) in [5.74, 6) is -0.0133. The van der Waals surface area contributed by atoms with Gasteiger partial charge in [0, 0.05) is 27.2 Å². The number of aromatic nitrogens is 1. The van der Waals surface area contributed by atoms with E-state index in [0.29, 0.717) is 33.4 Å². The zero-order chi connectivity index (χ0) is 26.9. The molecule has 1 heterocycles. The Morgan fingerprint density at radius 3 is 2.34 bits per heavy atom. The molecule has 0 saturated heterocycles. The molecule has 0 aliphatic carbocycles. The number of anilines is 2. The molecule has 0 atom stereocenters. The number of hydrogen-bond acceptors (Lipinski definition) is 6. The van der Waals surface area contributed by atoms with Crippen molar-refractivity contribution in [3.8, 4) is 0 Å². The van der Waals surface area contributed by atoms with Crippen LogP contribution in [0.1, 0.15) is 21.7 Å². The van der Waals surface area contributed by atoms with Crippen molar-refractivity contribution < 1.29 is 18.9 Å². The van der Waals surface area contributed by atoms with Gasteiger partial charge in [0.2, 0.25) is 5.91 Å². The van der Waals surface area contributed by atoms with Gasteiger partial charge in [0.05, 0.1) is 5.75 Å². The Kier molecular flexibility index (Phi) is 8.97. The highest BCUT2D eigenvalue weighted by Gasteiger charge is 2.16. The average molecular weight is 547 g/mol. The third kappa shape index (κ3) is 7.58. The highest BCUT2D eigenvalue weighted by Crippen LogP contribution is 2.22. The number of nitrogens with one attached hydrogen (secondary N) is 3. The summed E-state index contributed by atoms with van der Waals surface area (Å²) < 4.78 is 4.93. The minimum Gasteiger partial charge on any atom is -0.360 e.